The number of rotatable bonds is 6. The summed E-state index contributed by atoms with van der Waals surface area (Å²) in [5.41, 5.74) is -1.04. The van der Waals surface area contributed by atoms with Crippen LogP contribution in [0.3, 0.4) is 0 Å². The fourth-order valence-corrected chi connectivity index (χ4v) is 2.24. The number of aliphatic hydroxyl groups is 1. The Balaban J connectivity index is 2.18. The highest BCUT2D eigenvalue weighted by molar-refractivity contribution is 6.48. The number of anilines is 1. The van der Waals surface area contributed by atoms with Gasteiger partial charge in [-0.1, -0.05) is 23.8 Å². The first-order valence-corrected chi connectivity index (χ1v) is 9.03. The molecule has 0 atom stereocenters. The molecule has 0 saturated carbocycles. The van der Waals surface area contributed by atoms with Gasteiger partial charge < -0.3 is 15.1 Å². The van der Waals surface area contributed by atoms with Crippen molar-refractivity contribution < 1.29 is 27.7 Å². The summed E-state index contributed by atoms with van der Waals surface area (Å²) in [6.45, 7) is 8.58. The van der Waals surface area contributed by atoms with E-state index in [9.17, 15) is 23.1 Å². The van der Waals surface area contributed by atoms with Crippen LogP contribution < -0.4 is 10.8 Å². The van der Waals surface area contributed by atoms with E-state index in [-0.39, 0.29) is 11.3 Å². The van der Waals surface area contributed by atoms with Crippen molar-refractivity contribution in [2.45, 2.75) is 52.0 Å². The SMILES string of the molecule is Cc1ccc(C(=O)Nc2cccc(C(F)(F)F)c2)cc1[B]OC(C)(C)C(C)(C)O. The molecule has 4 nitrogen and oxygen atoms in total. The second kappa shape index (κ2) is 8.20. The molecule has 2 rings (SSSR count). The second-order valence-electron chi connectivity index (χ2n) is 7.91. The molecule has 0 heterocycles. The van der Waals surface area contributed by atoms with Gasteiger partial charge in [-0.15, -0.1) is 0 Å². The van der Waals surface area contributed by atoms with Crippen LogP contribution in [0, 0.1) is 6.92 Å². The minimum atomic E-state index is -4.49. The molecule has 2 aromatic rings. The molecule has 0 aliphatic heterocycles. The van der Waals surface area contributed by atoms with Gasteiger partial charge in [0.25, 0.3) is 5.91 Å². The lowest BCUT2D eigenvalue weighted by atomic mass is 9.80. The smallest absolute Gasteiger partial charge is 0.416 e. The lowest BCUT2D eigenvalue weighted by Gasteiger charge is -2.37. The molecule has 8 heteroatoms. The zero-order valence-corrected chi connectivity index (χ0v) is 17.0. The van der Waals surface area contributed by atoms with Gasteiger partial charge in [0.1, 0.15) is 0 Å². The number of aryl methyl sites for hydroxylation is 1. The summed E-state index contributed by atoms with van der Waals surface area (Å²) >= 11 is 0. The zero-order chi connectivity index (χ0) is 22.0. The van der Waals surface area contributed by atoms with Gasteiger partial charge in [-0.05, 0) is 64.3 Å². The van der Waals surface area contributed by atoms with Gasteiger partial charge in [-0.25, -0.2) is 0 Å². The molecule has 2 aromatic carbocycles. The first-order chi connectivity index (χ1) is 13.2. The predicted molar refractivity (Wildman–Crippen MR) is 107 cm³/mol. The summed E-state index contributed by atoms with van der Waals surface area (Å²) in [5.74, 6) is -0.541. The number of hydrogen-bond donors (Lipinski definition) is 2. The number of halogens is 3. The molecule has 29 heavy (non-hydrogen) atoms. The third-order valence-corrected chi connectivity index (χ3v) is 4.94. The lowest BCUT2D eigenvalue weighted by Crippen LogP contribution is -2.49. The Morgan fingerprint density at radius 3 is 2.31 bits per heavy atom. The van der Waals surface area contributed by atoms with Crippen molar-refractivity contribution in [2.24, 2.45) is 0 Å². The van der Waals surface area contributed by atoms with Crippen LogP contribution in [-0.4, -0.2) is 29.7 Å². The van der Waals surface area contributed by atoms with Gasteiger partial charge >= 0.3 is 13.7 Å². The molecular formula is C21H24BF3NO3. The van der Waals surface area contributed by atoms with Gasteiger partial charge in [0.2, 0.25) is 0 Å². The summed E-state index contributed by atoms with van der Waals surface area (Å²) in [6.07, 6.45) is -4.49. The van der Waals surface area contributed by atoms with Crippen LogP contribution in [-0.2, 0) is 10.8 Å². The molecule has 1 radical (unpaired) electrons. The van der Waals surface area contributed by atoms with Crippen molar-refractivity contribution in [3.05, 3.63) is 59.2 Å². The van der Waals surface area contributed by atoms with Crippen LogP contribution in [0.5, 0.6) is 0 Å². The Bertz CT molecular complexity index is 889. The van der Waals surface area contributed by atoms with Crippen molar-refractivity contribution in [3.63, 3.8) is 0 Å². The molecule has 155 valence electrons. The standard InChI is InChI=1S/C21H24BF3NO3/c1-13-9-10-14(11-17(13)22-29-20(4,5)19(2,3)28)18(27)26-16-8-6-7-15(12-16)21(23,24)25/h6-12,28H,1-5H3,(H,26,27). The maximum Gasteiger partial charge on any atom is 0.416 e. The quantitative estimate of drug-likeness (QED) is 0.711. The number of alkyl halides is 3. The Morgan fingerprint density at radius 1 is 1.07 bits per heavy atom. The Kier molecular flexibility index (Phi) is 6.50. The number of nitrogens with one attached hydrogen (secondary N) is 1. The third-order valence-electron chi connectivity index (χ3n) is 4.94. The molecule has 1 amide bonds. The third kappa shape index (κ3) is 5.84. The summed E-state index contributed by atoms with van der Waals surface area (Å²) in [7, 11) is 1.47. The van der Waals surface area contributed by atoms with Crippen LogP contribution in [0.4, 0.5) is 18.9 Å². The van der Waals surface area contributed by atoms with Gasteiger partial charge in [-0.3, -0.25) is 4.79 Å². The summed E-state index contributed by atoms with van der Waals surface area (Å²) in [4.78, 5) is 12.5. The Labute approximate surface area is 169 Å². The maximum absolute atomic E-state index is 12.8. The average molecular weight is 406 g/mol. The minimum Gasteiger partial charge on any atom is -0.427 e. The van der Waals surface area contributed by atoms with Crippen LogP contribution in [0.15, 0.2) is 42.5 Å². The topological polar surface area (TPSA) is 58.6 Å². The van der Waals surface area contributed by atoms with Gasteiger partial charge in [0, 0.05) is 11.3 Å². The van der Waals surface area contributed by atoms with Crippen molar-refractivity contribution in [2.75, 3.05) is 5.32 Å². The zero-order valence-electron chi connectivity index (χ0n) is 17.0. The van der Waals surface area contributed by atoms with Crippen LogP contribution in [0.25, 0.3) is 0 Å². The molecular weight excluding hydrogens is 382 g/mol. The monoisotopic (exact) mass is 406 g/mol. The second-order valence-corrected chi connectivity index (χ2v) is 7.91. The van der Waals surface area contributed by atoms with E-state index in [0.29, 0.717) is 5.46 Å². The summed E-state index contributed by atoms with van der Waals surface area (Å²) < 4.78 is 44.3. The Hall–Kier alpha value is -2.32. The minimum absolute atomic E-state index is 0.0512. The number of benzene rings is 2. The number of carbonyl (C=O) groups is 1. The molecule has 0 aromatic heterocycles. The van der Waals surface area contributed by atoms with E-state index >= 15 is 0 Å². The van der Waals surface area contributed by atoms with Crippen LogP contribution in [0.2, 0.25) is 0 Å². The van der Waals surface area contributed by atoms with Gasteiger partial charge in [-0.2, -0.15) is 13.2 Å². The highest BCUT2D eigenvalue weighted by atomic mass is 19.4. The van der Waals surface area contributed by atoms with Gasteiger partial charge in [0.05, 0.1) is 16.8 Å². The number of carbonyl (C=O) groups excluding carboxylic acids is 1. The van der Waals surface area contributed by atoms with E-state index in [0.717, 1.165) is 17.7 Å². The molecule has 0 fully saturated rings. The van der Waals surface area contributed by atoms with E-state index < -0.39 is 28.8 Å². The summed E-state index contributed by atoms with van der Waals surface area (Å²) in [6, 6.07) is 9.33. The first-order valence-electron chi connectivity index (χ1n) is 9.03. The molecule has 0 spiro atoms. The summed E-state index contributed by atoms with van der Waals surface area (Å²) in [5, 5.41) is 12.7. The molecule has 0 unspecified atom stereocenters. The highest BCUT2D eigenvalue weighted by Crippen LogP contribution is 2.30. The predicted octanol–water partition coefficient (Wildman–Crippen LogP) is 4.08. The number of hydrogen-bond acceptors (Lipinski definition) is 3. The molecule has 0 bridgehead atoms. The van der Waals surface area contributed by atoms with Gasteiger partial charge in [0.15, 0.2) is 0 Å². The highest BCUT2D eigenvalue weighted by Gasteiger charge is 2.36. The van der Waals surface area contributed by atoms with E-state index in [1.54, 1.807) is 45.9 Å². The largest absolute Gasteiger partial charge is 0.427 e. The van der Waals surface area contributed by atoms with Crippen molar-refractivity contribution in [1.82, 2.24) is 0 Å². The average Bonchev–Trinajstić information content (AvgIpc) is 2.59. The number of amides is 1. The molecule has 0 aliphatic rings. The van der Waals surface area contributed by atoms with Crippen molar-refractivity contribution in [1.29, 1.82) is 0 Å². The fraction of sp³-hybridized carbons (Fsp3) is 0.381. The fourth-order valence-electron chi connectivity index (χ4n) is 2.24. The van der Waals surface area contributed by atoms with Crippen LogP contribution in [0.1, 0.15) is 49.2 Å². The lowest BCUT2D eigenvalue weighted by molar-refractivity contribution is -0.137. The van der Waals surface area contributed by atoms with E-state index in [1.165, 1.54) is 19.6 Å². The first kappa shape index (κ1) is 23.0. The normalized spacial score (nSPS) is 12.6. The van der Waals surface area contributed by atoms with E-state index in [4.69, 9.17) is 4.65 Å². The van der Waals surface area contributed by atoms with Crippen molar-refractivity contribution in [3.8, 4) is 0 Å². The van der Waals surface area contributed by atoms with Crippen molar-refractivity contribution >= 4 is 24.5 Å². The molecule has 2 N–H and O–H groups in total. The van der Waals surface area contributed by atoms with Crippen LogP contribution >= 0.6 is 0 Å². The molecule has 0 aliphatic carbocycles. The molecule has 0 saturated heterocycles. The Morgan fingerprint density at radius 2 is 1.72 bits per heavy atom. The maximum atomic E-state index is 12.8. The van der Waals surface area contributed by atoms with E-state index in [1.807, 2.05) is 6.92 Å². The van der Waals surface area contributed by atoms with E-state index in [2.05, 4.69) is 5.32 Å².